The molecule has 0 saturated heterocycles. The van der Waals surface area contributed by atoms with E-state index >= 15 is 0 Å². The van der Waals surface area contributed by atoms with Crippen molar-refractivity contribution >= 4 is 93.3 Å². The second-order valence-electron chi connectivity index (χ2n) is 14.8. The molecule has 10 aromatic carbocycles. The lowest BCUT2D eigenvalue weighted by molar-refractivity contribution is 0.670. The summed E-state index contributed by atoms with van der Waals surface area (Å²) in [5.41, 5.74) is 11.1. The van der Waals surface area contributed by atoms with Gasteiger partial charge < -0.3 is 13.7 Å². The largest absolute Gasteiger partial charge is 0.455 e. The Kier molecular flexibility index (Phi) is 6.93. The van der Waals surface area contributed by atoms with Gasteiger partial charge in [-0.3, -0.25) is 0 Å². The van der Waals surface area contributed by atoms with Gasteiger partial charge in [-0.05, 0) is 74.5 Å². The highest BCUT2D eigenvalue weighted by Crippen LogP contribution is 2.48. The van der Waals surface area contributed by atoms with E-state index in [9.17, 15) is 0 Å². The normalized spacial score (nSPS) is 11.9. The predicted octanol–water partition coefficient (Wildman–Crippen LogP) is 15.7. The van der Waals surface area contributed by atoms with Crippen molar-refractivity contribution in [2.24, 2.45) is 0 Å². The summed E-state index contributed by atoms with van der Waals surface area (Å²) in [7, 11) is 0. The van der Waals surface area contributed by atoms with Crippen LogP contribution in [0.25, 0.3) is 98.4 Å². The Morgan fingerprint density at radius 3 is 1.74 bits per heavy atom. The second-order valence-corrected chi connectivity index (χ2v) is 14.8. The van der Waals surface area contributed by atoms with E-state index in [0.29, 0.717) is 0 Å². The van der Waals surface area contributed by atoms with Crippen molar-refractivity contribution in [2.45, 2.75) is 0 Å². The molecule has 0 radical (unpaired) electrons. The molecule has 2 aromatic heterocycles. The van der Waals surface area contributed by atoms with Gasteiger partial charge in [0.15, 0.2) is 0 Å². The monoisotopic (exact) mass is 727 g/mol. The average Bonchev–Trinajstić information content (AvgIpc) is 3.86. The van der Waals surface area contributed by atoms with Gasteiger partial charge in [-0.2, -0.15) is 0 Å². The Bertz CT molecular complexity index is 3520. The van der Waals surface area contributed by atoms with Gasteiger partial charge >= 0.3 is 0 Å². The van der Waals surface area contributed by atoms with Crippen LogP contribution in [0.4, 0.5) is 17.1 Å². The highest BCUT2D eigenvalue weighted by molar-refractivity contribution is 6.30. The van der Waals surface area contributed by atoms with Gasteiger partial charge in [-0.15, -0.1) is 0 Å². The Balaban J connectivity index is 1.12. The first kappa shape index (κ1) is 31.7. The lowest BCUT2D eigenvalue weighted by Gasteiger charge is -2.28. The van der Waals surface area contributed by atoms with Crippen LogP contribution in [0.5, 0.6) is 0 Å². The zero-order valence-electron chi connectivity index (χ0n) is 30.8. The molecule has 12 rings (SSSR count). The third kappa shape index (κ3) is 4.92. The summed E-state index contributed by atoms with van der Waals surface area (Å²) < 4.78 is 13.5. The molecule has 12 aromatic rings. The number of furan rings is 2. The molecule has 0 aliphatic carbocycles. The minimum atomic E-state index is 0.847. The molecule has 0 aliphatic rings. The van der Waals surface area contributed by atoms with Crippen LogP contribution in [0.1, 0.15) is 0 Å². The molecule has 266 valence electrons. The summed E-state index contributed by atoms with van der Waals surface area (Å²) in [6, 6.07) is 71.5. The molecule has 3 nitrogen and oxygen atoms in total. The topological polar surface area (TPSA) is 29.5 Å². The Morgan fingerprint density at radius 2 is 0.912 bits per heavy atom. The molecule has 0 amide bonds. The number of anilines is 3. The zero-order chi connectivity index (χ0) is 37.5. The number of rotatable bonds is 5. The zero-order valence-corrected chi connectivity index (χ0v) is 30.8. The van der Waals surface area contributed by atoms with Crippen molar-refractivity contribution in [2.75, 3.05) is 4.90 Å². The number of hydrogen-bond donors (Lipinski definition) is 0. The first-order valence-electron chi connectivity index (χ1n) is 19.4. The molecule has 0 saturated carbocycles. The minimum Gasteiger partial charge on any atom is -0.455 e. The molecule has 0 unspecified atom stereocenters. The molecule has 0 bridgehead atoms. The van der Waals surface area contributed by atoms with Crippen molar-refractivity contribution < 1.29 is 8.83 Å². The molecule has 3 heteroatoms. The highest BCUT2D eigenvalue weighted by Gasteiger charge is 2.23. The number of nitrogens with zero attached hydrogens (tertiary/aromatic N) is 1. The third-order valence-corrected chi connectivity index (χ3v) is 11.6. The van der Waals surface area contributed by atoms with Gasteiger partial charge in [-0.1, -0.05) is 158 Å². The van der Waals surface area contributed by atoms with Gasteiger partial charge in [0, 0.05) is 55.5 Å². The van der Waals surface area contributed by atoms with E-state index in [-0.39, 0.29) is 0 Å². The van der Waals surface area contributed by atoms with Gasteiger partial charge in [0.2, 0.25) is 0 Å². The summed E-state index contributed by atoms with van der Waals surface area (Å²) in [6.45, 7) is 0. The van der Waals surface area contributed by atoms with Crippen molar-refractivity contribution in [3.8, 4) is 22.3 Å². The SMILES string of the molecule is c1ccc(-c2cc3c(cc2N(c2ccc(-c4cccc5c4oc4ccccc45)cc2)c2ccc4ccccc4c2)oc2c4ccccc4c4ccccc4c32)cc1. The van der Waals surface area contributed by atoms with E-state index in [1.165, 1.54) is 26.9 Å². The second kappa shape index (κ2) is 12.5. The van der Waals surface area contributed by atoms with Crippen molar-refractivity contribution in [3.63, 3.8) is 0 Å². The molecule has 0 spiro atoms. The van der Waals surface area contributed by atoms with E-state index in [1.54, 1.807) is 0 Å². The summed E-state index contributed by atoms with van der Waals surface area (Å²) in [6.07, 6.45) is 0. The van der Waals surface area contributed by atoms with E-state index in [2.05, 4.69) is 193 Å². The molecule has 57 heavy (non-hydrogen) atoms. The summed E-state index contributed by atoms with van der Waals surface area (Å²) in [4.78, 5) is 2.38. The molecule has 0 N–H and O–H groups in total. The van der Waals surface area contributed by atoms with Gasteiger partial charge in [-0.25, -0.2) is 0 Å². The minimum absolute atomic E-state index is 0.847. The Hall–Kier alpha value is -7.62. The van der Waals surface area contributed by atoms with E-state index in [1.807, 2.05) is 12.1 Å². The smallest absolute Gasteiger partial charge is 0.143 e. The molecule has 0 atom stereocenters. The molecule has 0 fully saturated rings. The first-order chi connectivity index (χ1) is 28.3. The highest BCUT2D eigenvalue weighted by atomic mass is 16.3. The van der Waals surface area contributed by atoms with Gasteiger partial charge in [0.25, 0.3) is 0 Å². The maximum Gasteiger partial charge on any atom is 0.143 e. The molecule has 2 heterocycles. The summed E-state index contributed by atoms with van der Waals surface area (Å²) in [5, 5.41) is 11.6. The maximum absolute atomic E-state index is 7.00. The van der Waals surface area contributed by atoms with Crippen LogP contribution in [0.15, 0.2) is 209 Å². The molecular formula is C54H33NO2. The number of benzene rings is 10. The summed E-state index contributed by atoms with van der Waals surface area (Å²) >= 11 is 0. The Morgan fingerprint density at radius 1 is 0.316 bits per heavy atom. The van der Waals surface area contributed by atoms with Crippen molar-refractivity contribution in [1.29, 1.82) is 0 Å². The fourth-order valence-electron chi connectivity index (χ4n) is 8.98. The van der Waals surface area contributed by atoms with Gasteiger partial charge in [0.1, 0.15) is 22.3 Å². The Labute approximate surface area is 328 Å². The van der Waals surface area contributed by atoms with Crippen LogP contribution in [0, 0.1) is 0 Å². The van der Waals surface area contributed by atoms with Gasteiger partial charge in [0.05, 0.1) is 5.69 Å². The lowest BCUT2D eigenvalue weighted by atomic mass is 9.94. The molecule has 0 aliphatic heterocycles. The van der Waals surface area contributed by atoms with E-state index in [4.69, 9.17) is 8.83 Å². The summed E-state index contributed by atoms with van der Waals surface area (Å²) in [5.74, 6) is 0. The molecular weight excluding hydrogens is 695 g/mol. The number of fused-ring (bicyclic) bond motifs is 12. The predicted molar refractivity (Wildman–Crippen MR) is 239 cm³/mol. The number of hydrogen-bond acceptors (Lipinski definition) is 3. The van der Waals surface area contributed by atoms with Crippen molar-refractivity contribution in [3.05, 3.63) is 200 Å². The van der Waals surface area contributed by atoms with Crippen molar-refractivity contribution in [1.82, 2.24) is 0 Å². The maximum atomic E-state index is 7.00. The average molecular weight is 728 g/mol. The lowest BCUT2D eigenvalue weighted by Crippen LogP contribution is -2.11. The van der Waals surface area contributed by atoms with Crippen LogP contribution in [0.2, 0.25) is 0 Å². The fourth-order valence-corrected chi connectivity index (χ4v) is 8.98. The van der Waals surface area contributed by atoms with E-state index < -0.39 is 0 Å². The van der Waals surface area contributed by atoms with E-state index in [0.717, 1.165) is 88.6 Å². The number of para-hydroxylation sites is 2. The quantitative estimate of drug-likeness (QED) is 0.165. The van der Waals surface area contributed by atoms with Crippen LogP contribution >= 0.6 is 0 Å². The van der Waals surface area contributed by atoms with Crippen LogP contribution in [0.3, 0.4) is 0 Å². The standard InChI is InChI=1S/C54H33NO2/c1-2-14-35(15-3-1)47-32-48-51(57-54-45-21-9-7-18-42(45)41-17-6-8-20-44(41)52(48)54)33-49(47)55(39-30-25-34-13-4-5-16-37(34)31-39)38-28-26-36(27-29-38)40-22-12-23-46-43-19-10-11-24-50(43)56-53(40)46/h1-33H. The van der Waals surface area contributed by atoms with Crippen LogP contribution < -0.4 is 4.90 Å². The third-order valence-electron chi connectivity index (χ3n) is 11.6. The van der Waals surface area contributed by atoms with Crippen LogP contribution in [-0.4, -0.2) is 0 Å². The van der Waals surface area contributed by atoms with Crippen LogP contribution in [-0.2, 0) is 0 Å². The fraction of sp³-hybridized carbons (Fsp3) is 0. The first-order valence-corrected chi connectivity index (χ1v) is 19.4.